The number of hydrogen-bond acceptors (Lipinski definition) is 3. The molecule has 1 aromatic rings. The average Bonchev–Trinajstić information content (AvgIpc) is 2.46. The first kappa shape index (κ1) is 15.8. The molecule has 0 amide bonds. The fourth-order valence-electron chi connectivity index (χ4n) is 2.82. The molecule has 1 heterocycles. The summed E-state index contributed by atoms with van der Waals surface area (Å²) in [5, 5.41) is 3.43. The fraction of sp³-hybridized carbons (Fsp3) is 0.625. The summed E-state index contributed by atoms with van der Waals surface area (Å²) in [5.74, 6) is 1.61. The predicted molar refractivity (Wildman–Crippen MR) is 87.3 cm³/mol. The van der Waals surface area contributed by atoms with Crippen LogP contribution in [0.2, 0.25) is 0 Å². The Bertz CT molecular complexity index is 430. The van der Waals surface area contributed by atoms with Crippen LogP contribution in [0.15, 0.2) is 22.7 Å². The van der Waals surface area contributed by atoms with Gasteiger partial charge in [0.15, 0.2) is 0 Å². The maximum atomic E-state index is 5.40. The van der Waals surface area contributed by atoms with Gasteiger partial charge in [0.25, 0.3) is 0 Å². The molecule has 0 saturated carbocycles. The summed E-state index contributed by atoms with van der Waals surface area (Å²) in [4.78, 5) is 2.59. The van der Waals surface area contributed by atoms with Crippen LogP contribution in [0.1, 0.15) is 31.9 Å². The molecule has 20 heavy (non-hydrogen) atoms. The zero-order valence-corrected chi connectivity index (χ0v) is 14.2. The van der Waals surface area contributed by atoms with E-state index < -0.39 is 0 Å². The Morgan fingerprint density at radius 2 is 2.00 bits per heavy atom. The van der Waals surface area contributed by atoms with E-state index in [4.69, 9.17) is 4.74 Å². The molecular formula is C16H25BrN2O. The first-order valence-electron chi connectivity index (χ1n) is 7.40. The van der Waals surface area contributed by atoms with Crippen molar-refractivity contribution in [2.45, 2.75) is 26.3 Å². The van der Waals surface area contributed by atoms with E-state index in [-0.39, 0.29) is 0 Å². The molecule has 1 N–H and O–H groups in total. The molecule has 0 bridgehead atoms. The monoisotopic (exact) mass is 340 g/mol. The van der Waals surface area contributed by atoms with Crippen LogP contribution >= 0.6 is 15.9 Å². The molecule has 0 radical (unpaired) electrons. The van der Waals surface area contributed by atoms with E-state index in [0.717, 1.165) is 31.9 Å². The van der Waals surface area contributed by atoms with Gasteiger partial charge in [-0.05, 0) is 36.1 Å². The van der Waals surface area contributed by atoms with Gasteiger partial charge in [0.2, 0.25) is 0 Å². The van der Waals surface area contributed by atoms with Gasteiger partial charge < -0.3 is 10.1 Å². The molecule has 1 aliphatic heterocycles. The standard InChI is InChI=1S/C16H25BrN2O/c1-12(2)10-16(19-8-6-18-7-9-19)14-11-13(20-3)4-5-15(14)17/h4-5,11-12,16,18H,6-10H2,1-3H3/t16-/m1/s1. The van der Waals surface area contributed by atoms with Gasteiger partial charge in [0.1, 0.15) is 5.75 Å². The van der Waals surface area contributed by atoms with Crippen molar-refractivity contribution in [2.75, 3.05) is 33.3 Å². The second-order valence-electron chi connectivity index (χ2n) is 5.82. The normalized spacial score (nSPS) is 18.2. The minimum Gasteiger partial charge on any atom is -0.497 e. The molecule has 3 nitrogen and oxygen atoms in total. The number of piperazine rings is 1. The van der Waals surface area contributed by atoms with Crippen LogP contribution in [-0.4, -0.2) is 38.2 Å². The van der Waals surface area contributed by atoms with Crippen molar-refractivity contribution in [3.05, 3.63) is 28.2 Å². The molecule has 1 atom stereocenters. The van der Waals surface area contributed by atoms with Gasteiger partial charge in [-0.2, -0.15) is 0 Å². The topological polar surface area (TPSA) is 24.5 Å². The average molecular weight is 341 g/mol. The van der Waals surface area contributed by atoms with Crippen molar-refractivity contribution in [1.82, 2.24) is 10.2 Å². The summed E-state index contributed by atoms with van der Waals surface area (Å²) in [7, 11) is 1.73. The van der Waals surface area contributed by atoms with Crippen LogP contribution in [0.3, 0.4) is 0 Å². The summed E-state index contributed by atoms with van der Waals surface area (Å²) >= 11 is 3.72. The molecule has 4 heteroatoms. The molecule has 1 fully saturated rings. The predicted octanol–water partition coefficient (Wildman–Crippen LogP) is 3.45. The lowest BCUT2D eigenvalue weighted by Crippen LogP contribution is -2.45. The van der Waals surface area contributed by atoms with E-state index >= 15 is 0 Å². The Kier molecular flexibility index (Phi) is 5.87. The van der Waals surface area contributed by atoms with Crippen LogP contribution in [-0.2, 0) is 0 Å². The lowest BCUT2D eigenvalue weighted by atomic mass is 9.95. The Morgan fingerprint density at radius 3 is 2.60 bits per heavy atom. The Morgan fingerprint density at radius 1 is 1.30 bits per heavy atom. The van der Waals surface area contributed by atoms with Crippen LogP contribution in [0.5, 0.6) is 5.75 Å². The second-order valence-corrected chi connectivity index (χ2v) is 6.67. The highest BCUT2D eigenvalue weighted by atomic mass is 79.9. The highest BCUT2D eigenvalue weighted by Gasteiger charge is 2.25. The van der Waals surface area contributed by atoms with Gasteiger partial charge in [0.05, 0.1) is 7.11 Å². The molecule has 0 aromatic heterocycles. The number of halogens is 1. The lowest BCUT2D eigenvalue weighted by Gasteiger charge is -2.36. The molecule has 0 spiro atoms. The summed E-state index contributed by atoms with van der Waals surface area (Å²) in [6, 6.07) is 6.75. The highest BCUT2D eigenvalue weighted by molar-refractivity contribution is 9.10. The third-order valence-corrected chi connectivity index (χ3v) is 4.57. The zero-order valence-electron chi connectivity index (χ0n) is 12.7. The minimum absolute atomic E-state index is 0.460. The van der Waals surface area contributed by atoms with Gasteiger partial charge in [0, 0.05) is 36.7 Å². The third kappa shape index (κ3) is 3.96. The van der Waals surface area contributed by atoms with Gasteiger partial charge in [-0.1, -0.05) is 29.8 Å². The molecule has 1 aliphatic rings. The van der Waals surface area contributed by atoms with Crippen molar-refractivity contribution < 1.29 is 4.74 Å². The minimum atomic E-state index is 0.460. The van der Waals surface area contributed by atoms with Crippen molar-refractivity contribution in [1.29, 1.82) is 0 Å². The third-order valence-electron chi connectivity index (χ3n) is 3.85. The molecule has 1 saturated heterocycles. The number of nitrogens with zero attached hydrogens (tertiary/aromatic N) is 1. The molecule has 2 rings (SSSR count). The number of ether oxygens (including phenoxy) is 1. The summed E-state index contributed by atoms with van der Waals surface area (Å²) in [6.45, 7) is 8.97. The first-order chi connectivity index (χ1) is 9.61. The summed E-state index contributed by atoms with van der Waals surface area (Å²) < 4.78 is 6.58. The maximum absolute atomic E-state index is 5.40. The van der Waals surface area contributed by atoms with E-state index in [1.165, 1.54) is 16.5 Å². The lowest BCUT2D eigenvalue weighted by molar-refractivity contribution is 0.153. The van der Waals surface area contributed by atoms with Crippen molar-refractivity contribution in [3.63, 3.8) is 0 Å². The highest BCUT2D eigenvalue weighted by Crippen LogP contribution is 2.35. The number of rotatable bonds is 5. The number of hydrogen-bond donors (Lipinski definition) is 1. The van der Waals surface area contributed by atoms with Crippen molar-refractivity contribution in [3.8, 4) is 5.75 Å². The van der Waals surface area contributed by atoms with Crippen LogP contribution in [0.25, 0.3) is 0 Å². The molecular weight excluding hydrogens is 316 g/mol. The molecule has 1 aromatic carbocycles. The van der Waals surface area contributed by atoms with Gasteiger partial charge >= 0.3 is 0 Å². The van der Waals surface area contributed by atoms with E-state index in [9.17, 15) is 0 Å². The smallest absolute Gasteiger partial charge is 0.119 e. The van der Waals surface area contributed by atoms with Crippen LogP contribution in [0.4, 0.5) is 0 Å². The molecule has 112 valence electrons. The van der Waals surface area contributed by atoms with Gasteiger partial charge in [-0.15, -0.1) is 0 Å². The van der Waals surface area contributed by atoms with E-state index in [0.29, 0.717) is 12.0 Å². The quantitative estimate of drug-likeness (QED) is 0.888. The summed E-state index contributed by atoms with van der Waals surface area (Å²) in [6.07, 6.45) is 1.17. The Hall–Kier alpha value is -0.580. The second kappa shape index (κ2) is 7.43. The van der Waals surface area contributed by atoms with E-state index in [2.05, 4.69) is 52.1 Å². The molecule has 0 aliphatic carbocycles. The van der Waals surface area contributed by atoms with Gasteiger partial charge in [-0.3, -0.25) is 4.90 Å². The number of benzene rings is 1. The van der Waals surface area contributed by atoms with Crippen molar-refractivity contribution in [2.24, 2.45) is 5.92 Å². The number of methoxy groups -OCH3 is 1. The largest absolute Gasteiger partial charge is 0.497 e. The molecule has 0 unspecified atom stereocenters. The fourth-order valence-corrected chi connectivity index (χ4v) is 3.33. The van der Waals surface area contributed by atoms with Gasteiger partial charge in [-0.25, -0.2) is 0 Å². The van der Waals surface area contributed by atoms with E-state index in [1.807, 2.05) is 6.07 Å². The van der Waals surface area contributed by atoms with Crippen molar-refractivity contribution >= 4 is 15.9 Å². The van der Waals surface area contributed by atoms with Crippen LogP contribution < -0.4 is 10.1 Å². The Labute approximate surface area is 130 Å². The SMILES string of the molecule is COc1ccc(Br)c([C@@H](CC(C)C)N2CCNCC2)c1. The maximum Gasteiger partial charge on any atom is 0.119 e. The Balaban J connectivity index is 2.29. The zero-order chi connectivity index (χ0) is 14.5. The summed E-state index contributed by atoms with van der Waals surface area (Å²) in [5.41, 5.74) is 1.35. The first-order valence-corrected chi connectivity index (χ1v) is 8.19. The van der Waals surface area contributed by atoms with E-state index in [1.54, 1.807) is 7.11 Å². The number of nitrogens with one attached hydrogen (secondary N) is 1. The van der Waals surface area contributed by atoms with Crippen LogP contribution in [0, 0.1) is 5.92 Å².